The van der Waals surface area contributed by atoms with Crippen LogP contribution in [-0.4, -0.2) is 21.4 Å². The number of carbonyl (C=O) groups excluding carboxylic acids is 1. The molecule has 25 heavy (non-hydrogen) atoms. The highest BCUT2D eigenvalue weighted by molar-refractivity contribution is 6.74. The van der Waals surface area contributed by atoms with Crippen molar-refractivity contribution in [3.05, 3.63) is 35.7 Å². The molecule has 0 N–H and O–H groups in total. The minimum absolute atomic E-state index is 0.0197. The Morgan fingerprint density at radius 3 is 2.48 bits per heavy atom. The molecule has 0 saturated heterocycles. The number of rotatable bonds is 6. The summed E-state index contributed by atoms with van der Waals surface area (Å²) in [5, 5.41) is -0.0197. The Kier molecular flexibility index (Phi) is 5.77. The maximum Gasteiger partial charge on any atom is 0.330 e. The average Bonchev–Trinajstić information content (AvgIpc) is 3.31. The molecule has 3 nitrogen and oxygen atoms in total. The van der Waals surface area contributed by atoms with Gasteiger partial charge in [-0.05, 0) is 55.0 Å². The van der Waals surface area contributed by atoms with Gasteiger partial charge < -0.3 is 9.16 Å². The molecule has 0 radical (unpaired) electrons. The maximum atomic E-state index is 15.2. The lowest BCUT2D eigenvalue weighted by molar-refractivity contribution is -0.134. The molecule has 1 aliphatic carbocycles. The van der Waals surface area contributed by atoms with Crippen LogP contribution in [0.4, 0.5) is 4.39 Å². The zero-order valence-corrected chi connectivity index (χ0v) is 17.1. The SMILES string of the molecule is COC(=O)/C=C(/CC1CC1)c1cccc(O[Si](C)(C)C(C)(C)C)c1F. The molecule has 1 fully saturated rings. The molecule has 0 unspecified atom stereocenters. The average molecular weight is 365 g/mol. The van der Waals surface area contributed by atoms with E-state index in [9.17, 15) is 4.79 Å². The van der Waals surface area contributed by atoms with Crippen molar-refractivity contribution in [1.82, 2.24) is 0 Å². The van der Waals surface area contributed by atoms with Crippen LogP contribution in [0.3, 0.4) is 0 Å². The van der Waals surface area contributed by atoms with E-state index in [2.05, 4.69) is 33.9 Å². The number of hydrogen-bond donors (Lipinski definition) is 0. The third kappa shape index (κ3) is 4.94. The van der Waals surface area contributed by atoms with Crippen molar-refractivity contribution in [3.63, 3.8) is 0 Å². The number of methoxy groups -OCH3 is 1. The number of ether oxygens (including phenoxy) is 1. The number of halogens is 1. The summed E-state index contributed by atoms with van der Waals surface area (Å²) in [7, 11) is -0.810. The molecular weight excluding hydrogens is 335 g/mol. The van der Waals surface area contributed by atoms with Gasteiger partial charge in [-0.25, -0.2) is 9.18 Å². The molecule has 0 aromatic heterocycles. The van der Waals surface area contributed by atoms with Gasteiger partial charge in [-0.2, -0.15) is 0 Å². The van der Waals surface area contributed by atoms with Crippen molar-refractivity contribution >= 4 is 19.9 Å². The van der Waals surface area contributed by atoms with E-state index in [0.717, 1.165) is 12.8 Å². The third-order valence-electron chi connectivity index (χ3n) is 5.18. The van der Waals surface area contributed by atoms with Crippen molar-refractivity contribution in [2.45, 2.75) is 58.2 Å². The van der Waals surface area contributed by atoms with Crippen LogP contribution in [0.25, 0.3) is 5.57 Å². The fourth-order valence-electron chi connectivity index (χ4n) is 2.35. The van der Waals surface area contributed by atoms with Gasteiger partial charge in [0.1, 0.15) is 5.75 Å². The summed E-state index contributed by atoms with van der Waals surface area (Å²) in [4.78, 5) is 11.7. The Hall–Kier alpha value is -1.62. The first-order valence-electron chi connectivity index (χ1n) is 8.81. The van der Waals surface area contributed by atoms with Crippen LogP contribution in [0, 0.1) is 11.7 Å². The Morgan fingerprint density at radius 1 is 1.32 bits per heavy atom. The van der Waals surface area contributed by atoms with E-state index in [0.29, 0.717) is 23.5 Å². The lowest BCUT2D eigenvalue weighted by Crippen LogP contribution is -2.44. The summed E-state index contributed by atoms with van der Waals surface area (Å²) in [5.41, 5.74) is 1.13. The second kappa shape index (κ2) is 7.32. The summed E-state index contributed by atoms with van der Waals surface area (Å²) in [5.74, 6) is -0.0372. The van der Waals surface area contributed by atoms with Crippen molar-refractivity contribution in [2.24, 2.45) is 5.92 Å². The first-order chi connectivity index (χ1) is 11.5. The monoisotopic (exact) mass is 364 g/mol. The molecule has 0 heterocycles. The molecule has 0 spiro atoms. The topological polar surface area (TPSA) is 35.5 Å². The molecule has 5 heteroatoms. The smallest absolute Gasteiger partial charge is 0.330 e. The normalized spacial score (nSPS) is 15.9. The van der Waals surface area contributed by atoms with Crippen molar-refractivity contribution < 1.29 is 18.3 Å². The zero-order valence-electron chi connectivity index (χ0n) is 16.1. The molecule has 0 amide bonds. The van der Waals surface area contributed by atoms with Gasteiger partial charge in [0, 0.05) is 11.6 Å². The Balaban J connectivity index is 2.38. The number of carbonyl (C=O) groups is 1. The molecule has 1 aromatic rings. The summed E-state index contributed by atoms with van der Waals surface area (Å²) in [6.45, 7) is 10.5. The molecule has 0 bridgehead atoms. The quantitative estimate of drug-likeness (QED) is 0.376. The second-order valence-corrected chi connectivity index (χ2v) is 13.0. The van der Waals surface area contributed by atoms with E-state index in [1.165, 1.54) is 13.2 Å². The van der Waals surface area contributed by atoms with Crippen LogP contribution in [0.1, 0.15) is 45.6 Å². The van der Waals surface area contributed by atoms with Gasteiger partial charge in [-0.1, -0.05) is 32.9 Å². The van der Waals surface area contributed by atoms with Crippen LogP contribution >= 0.6 is 0 Å². The summed E-state index contributed by atoms with van der Waals surface area (Å²) in [6, 6.07) is 5.18. The summed E-state index contributed by atoms with van der Waals surface area (Å²) >= 11 is 0. The van der Waals surface area contributed by atoms with E-state index in [1.54, 1.807) is 18.2 Å². The highest BCUT2D eigenvalue weighted by atomic mass is 28.4. The van der Waals surface area contributed by atoms with E-state index in [-0.39, 0.29) is 16.6 Å². The highest BCUT2D eigenvalue weighted by Crippen LogP contribution is 2.41. The van der Waals surface area contributed by atoms with Crippen LogP contribution in [0.15, 0.2) is 24.3 Å². The first-order valence-corrected chi connectivity index (χ1v) is 11.7. The highest BCUT2D eigenvalue weighted by Gasteiger charge is 2.39. The molecule has 0 aliphatic heterocycles. The Labute approximate surface area is 151 Å². The van der Waals surface area contributed by atoms with Crippen molar-refractivity contribution in [3.8, 4) is 5.75 Å². The van der Waals surface area contributed by atoms with Gasteiger partial charge >= 0.3 is 5.97 Å². The van der Waals surface area contributed by atoms with E-state index < -0.39 is 14.3 Å². The van der Waals surface area contributed by atoms with E-state index in [4.69, 9.17) is 9.16 Å². The van der Waals surface area contributed by atoms with Crippen LogP contribution in [0.2, 0.25) is 18.1 Å². The van der Waals surface area contributed by atoms with Gasteiger partial charge in [0.05, 0.1) is 7.11 Å². The molecule has 1 saturated carbocycles. The van der Waals surface area contributed by atoms with Gasteiger partial charge in [-0.15, -0.1) is 0 Å². The first kappa shape index (κ1) is 19.7. The van der Waals surface area contributed by atoms with Crippen LogP contribution in [0.5, 0.6) is 5.75 Å². The summed E-state index contributed by atoms with van der Waals surface area (Å²) in [6.07, 6.45) is 4.35. The molecule has 1 aromatic carbocycles. The molecule has 138 valence electrons. The Bertz CT molecular complexity index is 670. The van der Waals surface area contributed by atoms with Crippen LogP contribution < -0.4 is 4.43 Å². The third-order valence-corrected chi connectivity index (χ3v) is 9.52. The number of esters is 1. The standard InChI is InChI=1S/C20H29FO3Si/c1-20(2,3)25(5,6)24-17-9-7-8-16(19(17)21)15(12-14-10-11-14)13-18(22)23-4/h7-9,13-14H,10-12H2,1-6H3/b15-13-. The van der Waals surface area contributed by atoms with E-state index >= 15 is 4.39 Å². The molecule has 0 atom stereocenters. The van der Waals surface area contributed by atoms with E-state index in [1.807, 2.05) is 0 Å². The lowest BCUT2D eigenvalue weighted by Gasteiger charge is -2.36. The number of allylic oxidation sites excluding steroid dienone is 1. The number of hydrogen-bond acceptors (Lipinski definition) is 3. The van der Waals surface area contributed by atoms with Crippen LogP contribution in [-0.2, 0) is 9.53 Å². The minimum atomic E-state index is -2.14. The van der Waals surface area contributed by atoms with Gasteiger partial charge in [-0.3, -0.25) is 0 Å². The molecular formula is C20H29FO3Si. The molecule has 2 rings (SSSR count). The van der Waals surface area contributed by atoms with Gasteiger partial charge in [0.25, 0.3) is 8.32 Å². The Morgan fingerprint density at radius 2 is 1.96 bits per heavy atom. The zero-order chi connectivity index (χ0) is 18.8. The van der Waals surface area contributed by atoms with Crippen molar-refractivity contribution in [1.29, 1.82) is 0 Å². The minimum Gasteiger partial charge on any atom is -0.542 e. The molecule has 1 aliphatic rings. The second-order valence-electron chi connectivity index (χ2n) is 8.32. The maximum absolute atomic E-state index is 15.2. The fraction of sp³-hybridized carbons (Fsp3) is 0.550. The largest absolute Gasteiger partial charge is 0.542 e. The van der Waals surface area contributed by atoms with Gasteiger partial charge in [0.15, 0.2) is 5.82 Å². The van der Waals surface area contributed by atoms with Gasteiger partial charge in [0.2, 0.25) is 0 Å². The number of benzene rings is 1. The predicted molar refractivity (Wildman–Crippen MR) is 102 cm³/mol. The summed E-state index contributed by atoms with van der Waals surface area (Å²) < 4.78 is 26.1. The fourth-order valence-corrected chi connectivity index (χ4v) is 3.36. The van der Waals surface area contributed by atoms with Crippen molar-refractivity contribution in [2.75, 3.05) is 7.11 Å². The lowest BCUT2D eigenvalue weighted by atomic mass is 9.99. The predicted octanol–water partition coefficient (Wildman–Crippen LogP) is 5.57.